The molecular weight excluding hydrogens is 372 g/mol. The lowest BCUT2D eigenvalue weighted by Gasteiger charge is -2.31. The molecule has 0 fully saturated rings. The Bertz CT molecular complexity index is 829. The number of para-hydroxylation sites is 1. The van der Waals surface area contributed by atoms with Crippen molar-refractivity contribution in [2.75, 3.05) is 11.9 Å². The van der Waals surface area contributed by atoms with Gasteiger partial charge in [0.15, 0.2) is 0 Å². The summed E-state index contributed by atoms with van der Waals surface area (Å²) in [4.78, 5) is 28.5. The predicted octanol–water partition coefficient (Wildman–Crippen LogP) is 1.59. The average molecular weight is 396 g/mol. The zero-order valence-electron chi connectivity index (χ0n) is 15.8. The Labute approximate surface area is 169 Å². The van der Waals surface area contributed by atoms with Gasteiger partial charge in [-0.1, -0.05) is 36.4 Å². The quantitative estimate of drug-likeness (QED) is 0.531. The van der Waals surface area contributed by atoms with Gasteiger partial charge in [0.05, 0.1) is 37.4 Å². The molecule has 152 valence electrons. The standard InChI is InChI=1S/C21H24N4O4/c26-14-19-18(25-21(28)24-15-6-2-1-3-7-15)10-9-17(29-19)12-20(27)23-13-16-8-4-5-11-22-16/h1-11,17-19,26H,12-14H2,(H,23,27)(H2,24,25,28)/t17-,18-,19-/m1/s1. The SMILES string of the molecule is O=C(C[C@H]1C=C[C@@H](NC(=O)Nc2ccccc2)[C@@H](CO)O1)NCc1ccccn1. The Morgan fingerprint density at radius 2 is 1.86 bits per heavy atom. The van der Waals surface area contributed by atoms with E-state index in [1.807, 2.05) is 36.4 Å². The first kappa shape index (κ1) is 20.5. The molecule has 3 amide bonds. The smallest absolute Gasteiger partial charge is 0.319 e. The summed E-state index contributed by atoms with van der Waals surface area (Å²) in [5.74, 6) is -0.185. The first-order valence-corrected chi connectivity index (χ1v) is 9.38. The Hall–Kier alpha value is -3.23. The van der Waals surface area contributed by atoms with E-state index in [9.17, 15) is 14.7 Å². The number of aromatic nitrogens is 1. The van der Waals surface area contributed by atoms with Crippen LogP contribution < -0.4 is 16.0 Å². The number of hydrogen-bond donors (Lipinski definition) is 4. The highest BCUT2D eigenvalue weighted by Crippen LogP contribution is 2.16. The molecule has 0 unspecified atom stereocenters. The number of ether oxygens (including phenoxy) is 1. The molecule has 0 aliphatic carbocycles. The van der Waals surface area contributed by atoms with Crippen molar-refractivity contribution in [3.05, 3.63) is 72.6 Å². The van der Waals surface area contributed by atoms with Gasteiger partial charge >= 0.3 is 6.03 Å². The highest BCUT2D eigenvalue weighted by Gasteiger charge is 2.29. The molecule has 1 aromatic carbocycles. The van der Waals surface area contributed by atoms with E-state index in [0.29, 0.717) is 12.2 Å². The van der Waals surface area contributed by atoms with Crippen LogP contribution in [0.4, 0.5) is 10.5 Å². The van der Waals surface area contributed by atoms with Crippen molar-refractivity contribution >= 4 is 17.6 Å². The van der Waals surface area contributed by atoms with E-state index >= 15 is 0 Å². The van der Waals surface area contributed by atoms with Gasteiger partial charge in [0.1, 0.15) is 6.10 Å². The molecule has 0 radical (unpaired) electrons. The highest BCUT2D eigenvalue weighted by atomic mass is 16.5. The molecule has 4 N–H and O–H groups in total. The third kappa shape index (κ3) is 6.41. The summed E-state index contributed by atoms with van der Waals surface area (Å²) in [6, 6.07) is 13.6. The number of nitrogens with zero attached hydrogens (tertiary/aromatic N) is 1. The van der Waals surface area contributed by atoms with E-state index in [0.717, 1.165) is 5.69 Å². The summed E-state index contributed by atoms with van der Waals surface area (Å²) in [6.07, 6.45) is 4.12. The minimum atomic E-state index is -0.643. The third-order valence-corrected chi connectivity index (χ3v) is 4.37. The van der Waals surface area contributed by atoms with Crippen molar-refractivity contribution in [1.82, 2.24) is 15.6 Å². The fourth-order valence-corrected chi connectivity index (χ4v) is 2.92. The van der Waals surface area contributed by atoms with Crippen LogP contribution in [0.25, 0.3) is 0 Å². The highest BCUT2D eigenvalue weighted by molar-refractivity contribution is 5.89. The van der Waals surface area contributed by atoms with Gasteiger partial charge < -0.3 is 25.8 Å². The van der Waals surface area contributed by atoms with Crippen LogP contribution in [0.15, 0.2) is 66.9 Å². The summed E-state index contributed by atoms with van der Waals surface area (Å²) >= 11 is 0. The molecule has 1 aromatic heterocycles. The van der Waals surface area contributed by atoms with Crippen molar-refractivity contribution in [2.24, 2.45) is 0 Å². The molecule has 3 rings (SSSR count). The molecule has 0 spiro atoms. The summed E-state index contributed by atoms with van der Waals surface area (Å²) < 4.78 is 5.77. The molecule has 0 saturated carbocycles. The molecule has 8 nitrogen and oxygen atoms in total. The van der Waals surface area contributed by atoms with Gasteiger partial charge in [-0.05, 0) is 24.3 Å². The van der Waals surface area contributed by atoms with Crippen LogP contribution in [0.2, 0.25) is 0 Å². The molecule has 2 heterocycles. The molecule has 0 saturated heterocycles. The zero-order valence-corrected chi connectivity index (χ0v) is 15.8. The lowest BCUT2D eigenvalue weighted by molar-refractivity contribution is -0.125. The minimum absolute atomic E-state index is 0.114. The van der Waals surface area contributed by atoms with Gasteiger partial charge in [-0.15, -0.1) is 0 Å². The summed E-state index contributed by atoms with van der Waals surface area (Å²) in [5.41, 5.74) is 1.43. The van der Waals surface area contributed by atoms with Crippen LogP contribution in [0.1, 0.15) is 12.1 Å². The summed E-state index contributed by atoms with van der Waals surface area (Å²) in [7, 11) is 0. The molecule has 1 aliphatic rings. The van der Waals surface area contributed by atoms with E-state index in [2.05, 4.69) is 20.9 Å². The molecule has 0 bridgehead atoms. The second-order valence-electron chi connectivity index (χ2n) is 6.57. The van der Waals surface area contributed by atoms with E-state index in [1.54, 1.807) is 30.5 Å². The number of anilines is 1. The van der Waals surface area contributed by atoms with E-state index < -0.39 is 24.3 Å². The number of aliphatic hydroxyl groups excluding tert-OH is 1. The van der Waals surface area contributed by atoms with Gasteiger partial charge in [0.25, 0.3) is 0 Å². The van der Waals surface area contributed by atoms with Gasteiger partial charge in [-0.2, -0.15) is 0 Å². The Balaban J connectivity index is 1.48. The summed E-state index contributed by atoms with van der Waals surface area (Å²) in [5, 5.41) is 17.9. The second kappa shape index (κ2) is 10.4. The molecular formula is C21H24N4O4. The van der Waals surface area contributed by atoms with Gasteiger partial charge in [0, 0.05) is 11.9 Å². The Morgan fingerprint density at radius 1 is 1.07 bits per heavy atom. The predicted molar refractivity (Wildman–Crippen MR) is 108 cm³/mol. The number of hydrogen-bond acceptors (Lipinski definition) is 5. The number of pyridine rings is 1. The molecule has 1 aliphatic heterocycles. The Kier molecular flexibility index (Phi) is 7.32. The van der Waals surface area contributed by atoms with Crippen LogP contribution >= 0.6 is 0 Å². The molecule has 2 aromatic rings. The number of aliphatic hydroxyl groups is 1. The van der Waals surface area contributed by atoms with Crippen molar-refractivity contribution < 1.29 is 19.4 Å². The fraction of sp³-hybridized carbons (Fsp3) is 0.286. The monoisotopic (exact) mass is 396 g/mol. The average Bonchev–Trinajstić information content (AvgIpc) is 2.74. The van der Waals surface area contributed by atoms with E-state index in [1.165, 1.54) is 0 Å². The van der Waals surface area contributed by atoms with Crippen molar-refractivity contribution in [3.63, 3.8) is 0 Å². The Morgan fingerprint density at radius 3 is 2.59 bits per heavy atom. The number of carbonyl (C=O) groups is 2. The number of nitrogens with one attached hydrogen (secondary N) is 3. The van der Waals surface area contributed by atoms with E-state index in [4.69, 9.17) is 4.74 Å². The largest absolute Gasteiger partial charge is 0.394 e. The maximum atomic E-state index is 12.2. The molecule has 29 heavy (non-hydrogen) atoms. The first-order valence-electron chi connectivity index (χ1n) is 9.38. The topological polar surface area (TPSA) is 113 Å². The molecule has 3 atom stereocenters. The zero-order chi connectivity index (χ0) is 20.5. The number of urea groups is 1. The maximum absolute atomic E-state index is 12.2. The molecule has 8 heteroatoms. The fourth-order valence-electron chi connectivity index (χ4n) is 2.92. The van der Waals surface area contributed by atoms with Crippen LogP contribution in [-0.2, 0) is 16.1 Å². The lowest BCUT2D eigenvalue weighted by atomic mass is 10.0. The van der Waals surface area contributed by atoms with Crippen molar-refractivity contribution in [3.8, 4) is 0 Å². The minimum Gasteiger partial charge on any atom is -0.394 e. The summed E-state index contributed by atoms with van der Waals surface area (Å²) in [6.45, 7) is 0.0516. The normalized spacial score (nSPS) is 20.7. The van der Waals surface area contributed by atoms with Crippen LogP contribution in [0.5, 0.6) is 0 Å². The number of benzene rings is 1. The van der Waals surface area contributed by atoms with Gasteiger partial charge in [-0.3, -0.25) is 9.78 Å². The first-order chi connectivity index (χ1) is 14.1. The van der Waals surface area contributed by atoms with Gasteiger partial charge in [-0.25, -0.2) is 4.79 Å². The van der Waals surface area contributed by atoms with E-state index in [-0.39, 0.29) is 18.9 Å². The lowest BCUT2D eigenvalue weighted by Crippen LogP contribution is -2.50. The second-order valence-corrected chi connectivity index (χ2v) is 6.57. The van der Waals surface area contributed by atoms with Crippen LogP contribution in [-0.4, -0.2) is 46.9 Å². The number of rotatable bonds is 7. The van der Waals surface area contributed by atoms with Crippen molar-refractivity contribution in [1.29, 1.82) is 0 Å². The maximum Gasteiger partial charge on any atom is 0.319 e. The van der Waals surface area contributed by atoms with Crippen molar-refractivity contribution in [2.45, 2.75) is 31.2 Å². The van der Waals surface area contributed by atoms with Crippen LogP contribution in [0.3, 0.4) is 0 Å². The number of amides is 3. The van der Waals surface area contributed by atoms with Crippen LogP contribution in [0, 0.1) is 0 Å². The third-order valence-electron chi connectivity index (χ3n) is 4.37. The van der Waals surface area contributed by atoms with Gasteiger partial charge in [0.2, 0.25) is 5.91 Å². The number of carbonyl (C=O) groups excluding carboxylic acids is 2.